The fraction of sp³-hybridized carbons (Fsp3) is 0.227. The van der Waals surface area contributed by atoms with Crippen molar-refractivity contribution in [3.05, 3.63) is 88.7 Å². The lowest BCUT2D eigenvalue weighted by Gasteiger charge is -2.28. The molecule has 3 aromatic rings. The standard InChI is InChI=1S/C22H22N4O/c1-16-13-20(25-22(24-16)23-14-17-7-3-2-4-8-17)21(27)26-12-11-18-9-5-6-10-19(18)15-26/h2-10,13H,11-12,14-15H2,1H3,(H,23,24,25). The normalized spacial score (nSPS) is 13.1. The molecular formula is C22H22N4O. The highest BCUT2D eigenvalue weighted by atomic mass is 16.2. The third kappa shape index (κ3) is 3.97. The van der Waals surface area contributed by atoms with Crippen molar-refractivity contribution in [2.24, 2.45) is 0 Å². The lowest BCUT2D eigenvalue weighted by atomic mass is 10.00. The number of hydrogen-bond donors (Lipinski definition) is 1. The third-order valence-corrected chi connectivity index (χ3v) is 4.78. The number of nitrogens with one attached hydrogen (secondary N) is 1. The Morgan fingerprint density at radius 3 is 2.59 bits per heavy atom. The Labute approximate surface area is 159 Å². The van der Waals surface area contributed by atoms with Gasteiger partial charge in [-0.2, -0.15) is 0 Å². The summed E-state index contributed by atoms with van der Waals surface area (Å²) < 4.78 is 0. The topological polar surface area (TPSA) is 58.1 Å². The highest BCUT2D eigenvalue weighted by molar-refractivity contribution is 5.92. The third-order valence-electron chi connectivity index (χ3n) is 4.78. The average molecular weight is 358 g/mol. The summed E-state index contributed by atoms with van der Waals surface area (Å²) in [5.74, 6) is 0.442. The van der Waals surface area contributed by atoms with E-state index in [-0.39, 0.29) is 5.91 Å². The second kappa shape index (κ2) is 7.58. The molecule has 0 bridgehead atoms. The molecule has 4 rings (SSSR count). The van der Waals surface area contributed by atoms with Gasteiger partial charge in [0.15, 0.2) is 0 Å². The molecule has 0 spiro atoms. The van der Waals surface area contributed by atoms with Crippen LogP contribution in [0, 0.1) is 6.92 Å². The van der Waals surface area contributed by atoms with Gasteiger partial charge in [0.25, 0.3) is 5.91 Å². The fourth-order valence-electron chi connectivity index (χ4n) is 3.37. The van der Waals surface area contributed by atoms with Crippen LogP contribution in [0.3, 0.4) is 0 Å². The number of hydrogen-bond acceptors (Lipinski definition) is 4. The van der Waals surface area contributed by atoms with Crippen molar-refractivity contribution in [2.75, 3.05) is 11.9 Å². The predicted octanol–water partition coefficient (Wildman–Crippen LogP) is 3.60. The van der Waals surface area contributed by atoms with Gasteiger partial charge in [-0.3, -0.25) is 4.79 Å². The summed E-state index contributed by atoms with van der Waals surface area (Å²) in [6.45, 7) is 3.85. The van der Waals surface area contributed by atoms with E-state index in [0.29, 0.717) is 31.3 Å². The van der Waals surface area contributed by atoms with Gasteiger partial charge in [0.2, 0.25) is 5.95 Å². The lowest BCUT2D eigenvalue weighted by Crippen LogP contribution is -2.36. The zero-order valence-electron chi connectivity index (χ0n) is 15.4. The van der Waals surface area contributed by atoms with Crippen molar-refractivity contribution in [3.63, 3.8) is 0 Å². The Hall–Kier alpha value is -3.21. The summed E-state index contributed by atoms with van der Waals surface area (Å²) in [5.41, 5.74) is 4.90. The van der Waals surface area contributed by atoms with Crippen LogP contribution in [-0.2, 0) is 19.5 Å². The Kier molecular flexibility index (Phi) is 4.83. The van der Waals surface area contributed by atoms with E-state index >= 15 is 0 Å². The van der Waals surface area contributed by atoms with Gasteiger partial charge in [0.1, 0.15) is 5.69 Å². The van der Waals surface area contributed by atoms with Crippen LogP contribution in [0.5, 0.6) is 0 Å². The van der Waals surface area contributed by atoms with E-state index in [4.69, 9.17) is 0 Å². The van der Waals surface area contributed by atoms with Crippen LogP contribution >= 0.6 is 0 Å². The first-order chi connectivity index (χ1) is 13.2. The minimum absolute atomic E-state index is 0.0437. The number of rotatable bonds is 4. The van der Waals surface area contributed by atoms with Crippen LogP contribution in [0.2, 0.25) is 0 Å². The maximum Gasteiger partial charge on any atom is 0.272 e. The van der Waals surface area contributed by atoms with Crippen molar-refractivity contribution in [3.8, 4) is 0 Å². The molecule has 0 aliphatic carbocycles. The van der Waals surface area contributed by atoms with Gasteiger partial charge in [-0.05, 0) is 36.1 Å². The van der Waals surface area contributed by atoms with Crippen LogP contribution in [0.4, 0.5) is 5.95 Å². The van der Waals surface area contributed by atoms with Crippen LogP contribution < -0.4 is 5.32 Å². The largest absolute Gasteiger partial charge is 0.350 e. The monoisotopic (exact) mass is 358 g/mol. The number of amides is 1. The first-order valence-electron chi connectivity index (χ1n) is 9.18. The molecule has 1 aliphatic heterocycles. The van der Waals surface area contributed by atoms with E-state index < -0.39 is 0 Å². The maximum absolute atomic E-state index is 13.0. The summed E-state index contributed by atoms with van der Waals surface area (Å²) in [6, 6.07) is 20.1. The molecule has 2 aromatic carbocycles. The molecule has 27 heavy (non-hydrogen) atoms. The molecule has 0 radical (unpaired) electrons. The van der Waals surface area contributed by atoms with E-state index in [9.17, 15) is 4.79 Å². The number of aromatic nitrogens is 2. The number of nitrogens with zero attached hydrogens (tertiary/aromatic N) is 3. The molecule has 0 atom stereocenters. The average Bonchev–Trinajstić information content (AvgIpc) is 2.72. The summed E-state index contributed by atoms with van der Waals surface area (Å²) in [6.07, 6.45) is 0.880. The number of benzene rings is 2. The van der Waals surface area contributed by atoms with Crippen molar-refractivity contribution in [1.29, 1.82) is 0 Å². The lowest BCUT2D eigenvalue weighted by molar-refractivity contribution is 0.0728. The molecule has 1 amide bonds. The SMILES string of the molecule is Cc1cc(C(=O)N2CCc3ccccc3C2)nc(NCc2ccccc2)n1. The quantitative estimate of drug-likeness (QED) is 0.774. The van der Waals surface area contributed by atoms with Gasteiger partial charge in [0, 0.05) is 25.3 Å². The van der Waals surface area contributed by atoms with Crippen LogP contribution in [0.25, 0.3) is 0 Å². The molecule has 5 heteroatoms. The first kappa shape index (κ1) is 17.2. The Bertz CT molecular complexity index is 956. The summed E-state index contributed by atoms with van der Waals surface area (Å²) in [7, 11) is 0. The highest BCUT2D eigenvalue weighted by Crippen LogP contribution is 2.20. The van der Waals surface area contributed by atoms with Crippen LogP contribution in [0.1, 0.15) is 32.9 Å². The zero-order chi connectivity index (χ0) is 18.6. The van der Waals surface area contributed by atoms with Crippen molar-refractivity contribution < 1.29 is 4.79 Å². The van der Waals surface area contributed by atoms with Gasteiger partial charge in [-0.25, -0.2) is 9.97 Å². The van der Waals surface area contributed by atoms with Crippen molar-refractivity contribution in [1.82, 2.24) is 14.9 Å². The predicted molar refractivity (Wildman–Crippen MR) is 105 cm³/mol. The molecule has 2 heterocycles. The van der Waals surface area contributed by atoms with Gasteiger partial charge >= 0.3 is 0 Å². The molecule has 0 fully saturated rings. The molecule has 1 N–H and O–H groups in total. The molecular weight excluding hydrogens is 336 g/mol. The fourth-order valence-corrected chi connectivity index (χ4v) is 3.37. The summed E-state index contributed by atoms with van der Waals surface area (Å²) >= 11 is 0. The number of anilines is 1. The Balaban J connectivity index is 1.50. The second-order valence-electron chi connectivity index (χ2n) is 6.80. The molecule has 1 aliphatic rings. The molecule has 1 aromatic heterocycles. The molecule has 136 valence electrons. The van der Waals surface area contributed by atoms with Crippen LogP contribution in [-0.4, -0.2) is 27.3 Å². The van der Waals surface area contributed by atoms with Crippen molar-refractivity contribution >= 4 is 11.9 Å². The van der Waals surface area contributed by atoms with E-state index in [0.717, 1.165) is 17.7 Å². The number of carbonyl (C=O) groups excluding carboxylic acids is 1. The van der Waals surface area contributed by atoms with Gasteiger partial charge in [-0.15, -0.1) is 0 Å². The van der Waals surface area contributed by atoms with Gasteiger partial charge in [-0.1, -0.05) is 54.6 Å². The number of carbonyl (C=O) groups is 1. The first-order valence-corrected chi connectivity index (χ1v) is 9.18. The second-order valence-corrected chi connectivity index (χ2v) is 6.80. The zero-order valence-corrected chi connectivity index (χ0v) is 15.4. The minimum atomic E-state index is -0.0437. The minimum Gasteiger partial charge on any atom is -0.350 e. The molecule has 0 saturated heterocycles. The van der Waals surface area contributed by atoms with E-state index in [1.54, 1.807) is 6.07 Å². The van der Waals surface area contributed by atoms with Crippen LogP contribution in [0.15, 0.2) is 60.7 Å². The molecule has 0 saturated carbocycles. The number of fused-ring (bicyclic) bond motifs is 1. The highest BCUT2D eigenvalue weighted by Gasteiger charge is 2.23. The van der Waals surface area contributed by atoms with Crippen molar-refractivity contribution in [2.45, 2.75) is 26.4 Å². The maximum atomic E-state index is 13.0. The molecule has 0 unspecified atom stereocenters. The number of aryl methyl sites for hydroxylation is 1. The van der Waals surface area contributed by atoms with E-state index in [1.165, 1.54) is 11.1 Å². The Morgan fingerprint density at radius 2 is 1.78 bits per heavy atom. The van der Waals surface area contributed by atoms with Gasteiger partial charge in [0.05, 0.1) is 0 Å². The summed E-state index contributed by atoms with van der Waals surface area (Å²) in [4.78, 5) is 23.7. The summed E-state index contributed by atoms with van der Waals surface area (Å²) in [5, 5.41) is 3.22. The van der Waals surface area contributed by atoms with Gasteiger partial charge < -0.3 is 10.2 Å². The molecule has 5 nitrogen and oxygen atoms in total. The smallest absolute Gasteiger partial charge is 0.272 e. The van der Waals surface area contributed by atoms with E-state index in [1.807, 2.05) is 48.2 Å². The Morgan fingerprint density at radius 1 is 1.04 bits per heavy atom. The van der Waals surface area contributed by atoms with E-state index in [2.05, 4.69) is 33.5 Å².